The Hall–Kier alpha value is -0.630. The summed E-state index contributed by atoms with van der Waals surface area (Å²) in [5.41, 5.74) is 0. The molecule has 1 atom stereocenters. The van der Waals surface area contributed by atoms with Crippen LogP contribution >= 0.6 is 0 Å². The van der Waals surface area contributed by atoms with E-state index in [2.05, 4.69) is 16.3 Å². The van der Waals surface area contributed by atoms with Gasteiger partial charge in [-0.05, 0) is 0 Å². The fourth-order valence-electron chi connectivity index (χ4n) is 1.61. The molecule has 0 aromatic carbocycles. The van der Waals surface area contributed by atoms with Gasteiger partial charge in [-0.3, -0.25) is 4.90 Å². The topological polar surface area (TPSA) is 48.3 Å². The molecule has 1 rings (SSSR count). The van der Waals surface area contributed by atoms with Gasteiger partial charge in [0.2, 0.25) is 0 Å². The van der Waals surface area contributed by atoms with E-state index in [1.54, 1.807) is 7.11 Å². The van der Waals surface area contributed by atoms with E-state index < -0.39 is 0 Å². The van der Waals surface area contributed by atoms with Crippen LogP contribution in [0.15, 0.2) is 0 Å². The van der Waals surface area contributed by atoms with Crippen LogP contribution in [-0.4, -0.2) is 50.8 Å². The maximum absolute atomic E-state index is 8.63. The Labute approximate surface area is 79.5 Å². The number of nitrogens with zero attached hydrogens (tertiary/aromatic N) is 2. The van der Waals surface area contributed by atoms with Gasteiger partial charge in [-0.2, -0.15) is 5.26 Å². The predicted octanol–water partition coefficient (Wildman–Crippen LogP) is -0.180. The molecule has 1 fully saturated rings. The normalized spacial score (nSPS) is 24.2. The second kappa shape index (κ2) is 5.92. The summed E-state index contributed by atoms with van der Waals surface area (Å²) in [6.07, 6.45) is 0.608. The van der Waals surface area contributed by atoms with E-state index in [0.717, 1.165) is 32.8 Å². The molecular weight excluding hydrogens is 166 g/mol. The zero-order valence-electron chi connectivity index (χ0n) is 8.12. The minimum Gasteiger partial charge on any atom is -0.383 e. The van der Waals surface area contributed by atoms with Gasteiger partial charge in [0.25, 0.3) is 0 Å². The van der Waals surface area contributed by atoms with Gasteiger partial charge < -0.3 is 10.1 Å². The molecule has 1 unspecified atom stereocenters. The number of nitriles is 1. The standard InChI is InChI=1S/C9H17N3O/c1-13-7-6-12-5-4-11-8-9(12)2-3-10/h9,11H,2,4-8H2,1H3. The Balaban J connectivity index is 2.33. The summed E-state index contributed by atoms with van der Waals surface area (Å²) in [4.78, 5) is 2.32. The average Bonchev–Trinajstić information content (AvgIpc) is 2.17. The number of nitrogens with one attached hydrogen (secondary N) is 1. The zero-order chi connectivity index (χ0) is 9.52. The first-order valence-electron chi connectivity index (χ1n) is 4.69. The molecular formula is C9H17N3O. The van der Waals surface area contributed by atoms with Crippen LogP contribution < -0.4 is 5.32 Å². The van der Waals surface area contributed by atoms with E-state index in [4.69, 9.17) is 10.00 Å². The van der Waals surface area contributed by atoms with Crippen molar-refractivity contribution in [3.63, 3.8) is 0 Å². The summed E-state index contributed by atoms with van der Waals surface area (Å²) >= 11 is 0. The van der Waals surface area contributed by atoms with Crippen molar-refractivity contribution in [3.8, 4) is 6.07 Å². The van der Waals surface area contributed by atoms with Gasteiger partial charge in [-0.15, -0.1) is 0 Å². The summed E-state index contributed by atoms with van der Waals surface area (Å²) < 4.78 is 5.03. The van der Waals surface area contributed by atoms with Gasteiger partial charge in [0.1, 0.15) is 0 Å². The molecule has 0 aliphatic carbocycles. The summed E-state index contributed by atoms with van der Waals surface area (Å²) in [6, 6.07) is 2.59. The number of rotatable bonds is 4. The number of hydrogen-bond donors (Lipinski definition) is 1. The van der Waals surface area contributed by atoms with E-state index >= 15 is 0 Å². The SMILES string of the molecule is COCCN1CCNCC1CC#N. The molecule has 0 bridgehead atoms. The number of ether oxygens (including phenoxy) is 1. The minimum absolute atomic E-state index is 0.369. The van der Waals surface area contributed by atoms with Crippen molar-refractivity contribution < 1.29 is 4.74 Å². The molecule has 74 valence electrons. The van der Waals surface area contributed by atoms with Gasteiger partial charge in [0.05, 0.1) is 19.1 Å². The third-order valence-electron chi connectivity index (χ3n) is 2.38. The van der Waals surface area contributed by atoms with E-state index in [1.165, 1.54) is 0 Å². The molecule has 4 nitrogen and oxygen atoms in total. The molecule has 1 aliphatic heterocycles. The van der Waals surface area contributed by atoms with Crippen molar-refractivity contribution >= 4 is 0 Å². The van der Waals surface area contributed by atoms with Gasteiger partial charge in [0, 0.05) is 39.3 Å². The molecule has 1 aliphatic rings. The van der Waals surface area contributed by atoms with E-state index in [-0.39, 0.29) is 0 Å². The molecule has 0 amide bonds. The average molecular weight is 183 g/mol. The van der Waals surface area contributed by atoms with E-state index in [1.807, 2.05) is 0 Å². The first kappa shape index (κ1) is 10.5. The number of hydrogen-bond acceptors (Lipinski definition) is 4. The maximum atomic E-state index is 8.63. The molecule has 1 N–H and O–H groups in total. The monoisotopic (exact) mass is 183 g/mol. The first-order valence-corrected chi connectivity index (χ1v) is 4.69. The fourth-order valence-corrected chi connectivity index (χ4v) is 1.61. The number of piperazine rings is 1. The Morgan fingerprint density at radius 2 is 2.54 bits per heavy atom. The molecule has 0 radical (unpaired) electrons. The van der Waals surface area contributed by atoms with Gasteiger partial charge in [-0.25, -0.2) is 0 Å². The lowest BCUT2D eigenvalue weighted by Crippen LogP contribution is -2.51. The Morgan fingerprint density at radius 1 is 1.69 bits per heavy atom. The highest BCUT2D eigenvalue weighted by atomic mass is 16.5. The van der Waals surface area contributed by atoms with Crippen molar-refractivity contribution in [2.75, 3.05) is 39.9 Å². The van der Waals surface area contributed by atoms with Crippen LogP contribution in [0, 0.1) is 11.3 Å². The second-order valence-corrected chi connectivity index (χ2v) is 3.25. The van der Waals surface area contributed by atoms with E-state index in [0.29, 0.717) is 12.5 Å². The fraction of sp³-hybridized carbons (Fsp3) is 0.889. The van der Waals surface area contributed by atoms with Crippen LogP contribution in [0.2, 0.25) is 0 Å². The smallest absolute Gasteiger partial charge is 0.0638 e. The summed E-state index contributed by atoms with van der Waals surface area (Å²) in [7, 11) is 1.71. The largest absolute Gasteiger partial charge is 0.383 e. The van der Waals surface area contributed by atoms with Crippen LogP contribution in [0.25, 0.3) is 0 Å². The third-order valence-corrected chi connectivity index (χ3v) is 2.38. The molecule has 0 aromatic heterocycles. The third kappa shape index (κ3) is 3.31. The summed E-state index contributed by atoms with van der Waals surface area (Å²) in [6.45, 7) is 4.66. The van der Waals surface area contributed by atoms with Gasteiger partial charge in [-0.1, -0.05) is 0 Å². The van der Waals surface area contributed by atoms with Crippen LogP contribution in [-0.2, 0) is 4.74 Å². The quantitative estimate of drug-likeness (QED) is 0.657. The van der Waals surface area contributed by atoms with Crippen LogP contribution in [0.4, 0.5) is 0 Å². The lowest BCUT2D eigenvalue weighted by molar-refractivity contribution is 0.105. The molecule has 0 spiro atoms. The van der Waals surface area contributed by atoms with Crippen molar-refractivity contribution in [1.29, 1.82) is 5.26 Å². The lowest BCUT2D eigenvalue weighted by atomic mass is 10.1. The highest BCUT2D eigenvalue weighted by Crippen LogP contribution is 2.05. The minimum atomic E-state index is 0.369. The van der Waals surface area contributed by atoms with Crippen LogP contribution in [0.3, 0.4) is 0 Å². The van der Waals surface area contributed by atoms with Crippen molar-refractivity contribution in [1.82, 2.24) is 10.2 Å². The molecule has 1 saturated heterocycles. The second-order valence-electron chi connectivity index (χ2n) is 3.25. The molecule has 0 aromatic rings. The Bertz CT molecular complexity index is 178. The first-order chi connectivity index (χ1) is 6.38. The zero-order valence-corrected chi connectivity index (χ0v) is 8.12. The van der Waals surface area contributed by atoms with E-state index in [9.17, 15) is 0 Å². The molecule has 0 saturated carbocycles. The highest BCUT2D eigenvalue weighted by molar-refractivity contribution is 4.87. The Kier molecular flexibility index (Phi) is 4.76. The van der Waals surface area contributed by atoms with Crippen molar-refractivity contribution in [2.45, 2.75) is 12.5 Å². The molecule has 13 heavy (non-hydrogen) atoms. The lowest BCUT2D eigenvalue weighted by Gasteiger charge is -2.34. The Morgan fingerprint density at radius 3 is 3.23 bits per heavy atom. The number of methoxy groups -OCH3 is 1. The highest BCUT2D eigenvalue weighted by Gasteiger charge is 2.20. The molecule has 1 heterocycles. The molecule has 4 heteroatoms. The summed E-state index contributed by atoms with van der Waals surface area (Å²) in [5, 5.41) is 11.9. The van der Waals surface area contributed by atoms with Crippen molar-refractivity contribution in [3.05, 3.63) is 0 Å². The summed E-state index contributed by atoms with van der Waals surface area (Å²) in [5.74, 6) is 0. The van der Waals surface area contributed by atoms with Gasteiger partial charge >= 0.3 is 0 Å². The van der Waals surface area contributed by atoms with Crippen LogP contribution in [0.5, 0.6) is 0 Å². The predicted molar refractivity (Wildman–Crippen MR) is 50.3 cm³/mol. The van der Waals surface area contributed by atoms with Gasteiger partial charge in [0.15, 0.2) is 0 Å². The maximum Gasteiger partial charge on any atom is 0.0638 e. The van der Waals surface area contributed by atoms with Crippen molar-refractivity contribution in [2.24, 2.45) is 0 Å². The van der Waals surface area contributed by atoms with Crippen LogP contribution in [0.1, 0.15) is 6.42 Å².